The number of carbonyl (C=O) groups excluding carboxylic acids is 2. The van der Waals surface area contributed by atoms with Crippen molar-refractivity contribution in [3.63, 3.8) is 0 Å². The monoisotopic (exact) mass is 356 g/mol. The van der Waals surface area contributed by atoms with E-state index in [1.165, 1.54) is 17.0 Å². The molecule has 0 N–H and O–H groups in total. The highest BCUT2D eigenvalue weighted by molar-refractivity contribution is 8.26. The molecule has 0 aromatic heterocycles. The Morgan fingerprint density at radius 2 is 2.04 bits per heavy atom. The van der Waals surface area contributed by atoms with Crippen LogP contribution >= 0.6 is 24.0 Å². The van der Waals surface area contributed by atoms with Crippen molar-refractivity contribution >= 4 is 46.3 Å². The van der Waals surface area contributed by atoms with Crippen LogP contribution in [0.25, 0.3) is 6.08 Å². The van der Waals surface area contributed by atoms with Crippen LogP contribution in [0.1, 0.15) is 24.8 Å². The summed E-state index contributed by atoms with van der Waals surface area (Å²) in [6.45, 7) is 0.313. The smallest absolute Gasteiger partial charge is 0.266 e. The van der Waals surface area contributed by atoms with Gasteiger partial charge in [0.15, 0.2) is 11.6 Å². The molecule has 0 saturated carbocycles. The molecule has 1 aliphatic rings. The first kappa shape index (κ1) is 17.6. The van der Waals surface area contributed by atoms with E-state index in [4.69, 9.17) is 12.2 Å². The molecule has 2 rings (SSSR count). The highest BCUT2D eigenvalue weighted by atomic mass is 32.2. The number of amides is 1. The molecule has 0 aliphatic carbocycles. The Bertz CT molecular complexity index is 691. The van der Waals surface area contributed by atoms with Crippen LogP contribution in [0.4, 0.5) is 8.78 Å². The maximum Gasteiger partial charge on any atom is 0.266 e. The number of hydrogen-bond acceptors (Lipinski definition) is 5. The number of carbonyl (C=O) groups is 2. The van der Waals surface area contributed by atoms with Gasteiger partial charge < -0.3 is 9.90 Å². The van der Waals surface area contributed by atoms with Crippen molar-refractivity contribution in [1.82, 2.24) is 4.90 Å². The van der Waals surface area contributed by atoms with Gasteiger partial charge in [0.25, 0.3) is 5.91 Å². The Kier molecular flexibility index (Phi) is 5.84. The van der Waals surface area contributed by atoms with Crippen LogP contribution < -0.4 is 5.11 Å². The Labute approximate surface area is 141 Å². The lowest BCUT2D eigenvalue weighted by Gasteiger charge is -2.14. The van der Waals surface area contributed by atoms with Gasteiger partial charge in [0.05, 0.1) is 4.91 Å². The van der Waals surface area contributed by atoms with E-state index in [0.717, 1.165) is 23.9 Å². The number of benzene rings is 1. The molecular formula is C15H12F2NO3S2-. The molecule has 23 heavy (non-hydrogen) atoms. The number of unbranched alkanes of at least 4 members (excludes halogenated alkanes) is 1. The van der Waals surface area contributed by atoms with Gasteiger partial charge >= 0.3 is 0 Å². The molecule has 1 amide bonds. The van der Waals surface area contributed by atoms with Gasteiger partial charge in [-0.15, -0.1) is 0 Å². The van der Waals surface area contributed by atoms with Gasteiger partial charge in [-0.05, 0) is 43.0 Å². The maximum atomic E-state index is 13.2. The van der Waals surface area contributed by atoms with Crippen molar-refractivity contribution in [2.45, 2.75) is 19.3 Å². The number of nitrogens with zero attached hydrogens (tertiary/aromatic N) is 1. The quantitative estimate of drug-likeness (QED) is 0.444. The Hall–Kier alpha value is -1.80. The molecular weight excluding hydrogens is 344 g/mol. The molecule has 1 saturated heterocycles. The van der Waals surface area contributed by atoms with E-state index in [-0.39, 0.29) is 12.3 Å². The average Bonchev–Trinajstić information content (AvgIpc) is 2.74. The van der Waals surface area contributed by atoms with Crippen molar-refractivity contribution in [3.8, 4) is 0 Å². The second-order valence-electron chi connectivity index (χ2n) is 4.84. The third kappa shape index (κ3) is 4.59. The van der Waals surface area contributed by atoms with Gasteiger partial charge in [-0.3, -0.25) is 9.69 Å². The highest BCUT2D eigenvalue weighted by Gasteiger charge is 2.31. The van der Waals surface area contributed by atoms with Crippen molar-refractivity contribution in [3.05, 3.63) is 40.3 Å². The number of thioether (sulfide) groups is 1. The highest BCUT2D eigenvalue weighted by Crippen LogP contribution is 2.32. The Morgan fingerprint density at radius 3 is 2.70 bits per heavy atom. The molecule has 1 heterocycles. The maximum absolute atomic E-state index is 13.2. The summed E-state index contributed by atoms with van der Waals surface area (Å²) in [5.74, 6) is -3.40. The number of aliphatic carboxylic acids is 1. The standard InChI is InChI=1S/C15H13F2NO3S2/c16-10-5-4-9(7-11(10)17)8-12-14(21)18(15(22)23-12)6-2-1-3-13(19)20/h4-5,7-8H,1-3,6H2,(H,19,20)/p-1/b12-8+. The summed E-state index contributed by atoms with van der Waals surface area (Å²) in [6.07, 6.45) is 2.25. The lowest BCUT2D eigenvalue weighted by molar-refractivity contribution is -0.305. The summed E-state index contributed by atoms with van der Waals surface area (Å²) in [6, 6.07) is 3.36. The van der Waals surface area contributed by atoms with Crippen molar-refractivity contribution < 1.29 is 23.5 Å². The van der Waals surface area contributed by atoms with E-state index in [9.17, 15) is 23.5 Å². The SMILES string of the molecule is O=C([O-])CCCCN1C(=O)/C(=C\c2ccc(F)c(F)c2)SC1=S. The van der Waals surface area contributed by atoms with Gasteiger partial charge in [0.2, 0.25) is 0 Å². The topological polar surface area (TPSA) is 60.4 Å². The minimum Gasteiger partial charge on any atom is -0.550 e. The van der Waals surface area contributed by atoms with E-state index in [1.807, 2.05) is 0 Å². The molecule has 122 valence electrons. The van der Waals surface area contributed by atoms with Gasteiger partial charge in [-0.25, -0.2) is 8.78 Å². The normalized spacial score (nSPS) is 16.4. The number of thiocarbonyl (C=S) groups is 1. The first-order chi connectivity index (χ1) is 10.9. The van der Waals surface area contributed by atoms with E-state index in [1.54, 1.807) is 0 Å². The van der Waals surface area contributed by atoms with Crippen LogP contribution in [0.2, 0.25) is 0 Å². The Morgan fingerprint density at radius 1 is 1.30 bits per heavy atom. The fraction of sp³-hybridized carbons (Fsp3) is 0.267. The fourth-order valence-electron chi connectivity index (χ4n) is 1.99. The van der Waals surface area contributed by atoms with Crippen LogP contribution in [0.15, 0.2) is 23.1 Å². The van der Waals surface area contributed by atoms with Gasteiger partial charge in [-0.2, -0.15) is 0 Å². The summed E-state index contributed by atoms with van der Waals surface area (Å²) < 4.78 is 26.4. The number of carboxylic acids is 1. The van der Waals surface area contributed by atoms with Crippen molar-refractivity contribution in [2.75, 3.05) is 6.54 Å². The molecule has 8 heteroatoms. The molecule has 1 fully saturated rings. The lowest BCUT2D eigenvalue weighted by atomic mass is 10.2. The summed E-state index contributed by atoms with van der Waals surface area (Å²) in [5.41, 5.74) is 0.362. The zero-order valence-electron chi connectivity index (χ0n) is 11.9. The number of hydrogen-bond donors (Lipinski definition) is 0. The van der Waals surface area contributed by atoms with E-state index < -0.39 is 17.6 Å². The summed E-state index contributed by atoms with van der Waals surface area (Å²) >= 11 is 6.20. The van der Waals surface area contributed by atoms with Crippen molar-refractivity contribution in [1.29, 1.82) is 0 Å². The third-order valence-electron chi connectivity index (χ3n) is 3.13. The predicted octanol–water partition coefficient (Wildman–Crippen LogP) is 2.09. The number of halogens is 2. The van der Waals surface area contributed by atoms with Gasteiger partial charge in [0.1, 0.15) is 4.32 Å². The zero-order valence-corrected chi connectivity index (χ0v) is 13.5. The second-order valence-corrected chi connectivity index (χ2v) is 6.51. The fourth-order valence-corrected chi connectivity index (χ4v) is 3.29. The molecule has 1 aromatic carbocycles. The predicted molar refractivity (Wildman–Crippen MR) is 85.1 cm³/mol. The Balaban J connectivity index is 2.03. The molecule has 0 atom stereocenters. The lowest BCUT2D eigenvalue weighted by Crippen LogP contribution is -2.29. The largest absolute Gasteiger partial charge is 0.550 e. The molecule has 4 nitrogen and oxygen atoms in total. The van der Waals surface area contributed by atoms with Crippen LogP contribution in [0.3, 0.4) is 0 Å². The van der Waals surface area contributed by atoms with Crippen LogP contribution in [-0.4, -0.2) is 27.6 Å². The zero-order chi connectivity index (χ0) is 17.0. The molecule has 0 bridgehead atoms. The van der Waals surface area contributed by atoms with Crippen molar-refractivity contribution in [2.24, 2.45) is 0 Å². The third-order valence-corrected chi connectivity index (χ3v) is 4.51. The van der Waals surface area contributed by atoms with E-state index >= 15 is 0 Å². The minimum absolute atomic E-state index is 0.0700. The first-order valence-electron chi connectivity index (χ1n) is 6.79. The van der Waals surface area contributed by atoms with E-state index in [0.29, 0.717) is 34.2 Å². The summed E-state index contributed by atoms with van der Waals surface area (Å²) in [4.78, 5) is 24.3. The summed E-state index contributed by atoms with van der Waals surface area (Å²) in [5, 5.41) is 10.3. The first-order valence-corrected chi connectivity index (χ1v) is 8.01. The average molecular weight is 356 g/mol. The van der Waals surface area contributed by atoms with Crippen LogP contribution in [0, 0.1) is 11.6 Å². The number of rotatable bonds is 6. The van der Waals surface area contributed by atoms with Gasteiger partial charge in [0, 0.05) is 12.5 Å². The minimum atomic E-state index is -1.13. The molecule has 0 radical (unpaired) electrons. The van der Waals surface area contributed by atoms with Crippen LogP contribution in [-0.2, 0) is 9.59 Å². The van der Waals surface area contributed by atoms with Crippen LogP contribution in [0.5, 0.6) is 0 Å². The second kappa shape index (κ2) is 7.65. The molecule has 0 spiro atoms. The molecule has 0 unspecified atom stereocenters. The molecule has 1 aliphatic heterocycles. The summed E-state index contributed by atoms with van der Waals surface area (Å²) in [7, 11) is 0. The van der Waals surface area contributed by atoms with Gasteiger partial charge in [-0.1, -0.05) is 30.0 Å². The molecule has 1 aromatic rings. The van der Waals surface area contributed by atoms with E-state index in [2.05, 4.69) is 0 Å². The number of carboxylic acid groups (broad SMARTS) is 1.